The number of benzene rings is 2. The summed E-state index contributed by atoms with van der Waals surface area (Å²) in [5.74, 6) is 0.790. The Labute approximate surface area is 128 Å². The van der Waals surface area contributed by atoms with E-state index in [2.05, 4.69) is 0 Å². The van der Waals surface area contributed by atoms with E-state index in [4.69, 9.17) is 10.5 Å². The molecule has 0 aliphatic carbocycles. The third-order valence-corrected chi connectivity index (χ3v) is 5.25. The summed E-state index contributed by atoms with van der Waals surface area (Å²) >= 11 is 0. The molecular weight excluding hydrogens is 282 g/mol. The van der Waals surface area contributed by atoms with Gasteiger partial charge in [-0.15, -0.1) is 0 Å². The Hall–Kier alpha value is -1.65. The lowest BCUT2D eigenvalue weighted by molar-refractivity contribution is 0.414. The lowest BCUT2D eigenvalue weighted by atomic mass is 10.1. The molecule has 3 atom stereocenters. The van der Waals surface area contributed by atoms with Crippen LogP contribution in [0.4, 0.5) is 0 Å². The summed E-state index contributed by atoms with van der Waals surface area (Å²) in [4.78, 5) is 0.825. The molecule has 3 unspecified atom stereocenters. The molecule has 21 heavy (non-hydrogen) atoms. The average Bonchev–Trinajstić information content (AvgIpc) is 2.53. The Morgan fingerprint density at radius 2 is 1.81 bits per heavy atom. The van der Waals surface area contributed by atoms with E-state index in [9.17, 15) is 4.21 Å². The molecule has 2 N–H and O–H groups in total. The number of rotatable bonds is 5. The number of nitrogens with two attached hydrogens (primary N) is 1. The summed E-state index contributed by atoms with van der Waals surface area (Å²) in [5.41, 5.74) is 8.34. The molecule has 0 bridgehead atoms. The van der Waals surface area contributed by atoms with E-state index in [0.29, 0.717) is 0 Å². The van der Waals surface area contributed by atoms with Gasteiger partial charge in [0.1, 0.15) is 5.75 Å². The minimum absolute atomic E-state index is 0.166. The van der Waals surface area contributed by atoms with Crippen LogP contribution in [0.25, 0.3) is 0 Å². The molecule has 0 amide bonds. The quantitative estimate of drug-likeness (QED) is 0.923. The largest absolute Gasteiger partial charge is 0.497 e. The van der Waals surface area contributed by atoms with Crippen LogP contribution in [0.1, 0.15) is 24.1 Å². The Morgan fingerprint density at radius 1 is 1.14 bits per heavy atom. The van der Waals surface area contributed by atoms with Gasteiger partial charge in [-0.25, -0.2) is 0 Å². The van der Waals surface area contributed by atoms with Gasteiger partial charge in [0, 0.05) is 10.9 Å². The zero-order valence-electron chi connectivity index (χ0n) is 12.6. The van der Waals surface area contributed by atoms with Crippen LogP contribution in [0.2, 0.25) is 0 Å². The summed E-state index contributed by atoms with van der Waals surface area (Å²) in [6.45, 7) is 3.92. The van der Waals surface area contributed by atoms with E-state index in [1.165, 1.54) is 0 Å². The highest BCUT2D eigenvalue weighted by atomic mass is 32.2. The van der Waals surface area contributed by atoms with Gasteiger partial charge in [-0.2, -0.15) is 0 Å². The molecule has 0 aliphatic heterocycles. The van der Waals surface area contributed by atoms with Crippen molar-refractivity contribution in [1.82, 2.24) is 0 Å². The van der Waals surface area contributed by atoms with Gasteiger partial charge in [-0.1, -0.05) is 24.3 Å². The van der Waals surface area contributed by atoms with Crippen LogP contribution in [0.3, 0.4) is 0 Å². The second-order valence-corrected chi connectivity index (χ2v) is 6.93. The van der Waals surface area contributed by atoms with Gasteiger partial charge in [-0.05, 0) is 49.2 Å². The molecule has 0 saturated heterocycles. The molecule has 3 nitrogen and oxygen atoms in total. The van der Waals surface area contributed by atoms with Crippen LogP contribution < -0.4 is 10.5 Å². The summed E-state index contributed by atoms with van der Waals surface area (Å²) in [5, 5.41) is -0.166. The molecule has 4 heteroatoms. The highest BCUT2D eigenvalue weighted by molar-refractivity contribution is 7.85. The third-order valence-electron chi connectivity index (χ3n) is 3.57. The highest BCUT2D eigenvalue weighted by Gasteiger charge is 2.22. The van der Waals surface area contributed by atoms with Crippen molar-refractivity contribution >= 4 is 10.8 Å². The maximum absolute atomic E-state index is 12.6. The number of aryl methyl sites for hydroxylation is 1. The van der Waals surface area contributed by atoms with Gasteiger partial charge in [0.05, 0.1) is 23.2 Å². The van der Waals surface area contributed by atoms with Gasteiger partial charge in [0.15, 0.2) is 0 Å². The number of hydrogen-bond acceptors (Lipinski definition) is 3. The van der Waals surface area contributed by atoms with Crippen molar-refractivity contribution in [3.63, 3.8) is 0 Å². The van der Waals surface area contributed by atoms with Crippen LogP contribution in [-0.4, -0.2) is 16.6 Å². The number of methoxy groups -OCH3 is 1. The van der Waals surface area contributed by atoms with Crippen molar-refractivity contribution in [3.05, 3.63) is 59.7 Å². The second-order valence-electron chi connectivity index (χ2n) is 5.12. The van der Waals surface area contributed by atoms with Crippen molar-refractivity contribution < 1.29 is 8.95 Å². The zero-order valence-corrected chi connectivity index (χ0v) is 13.4. The van der Waals surface area contributed by atoms with E-state index in [1.54, 1.807) is 7.11 Å². The first-order valence-corrected chi connectivity index (χ1v) is 8.11. The third kappa shape index (κ3) is 3.71. The van der Waals surface area contributed by atoms with Gasteiger partial charge in [-0.3, -0.25) is 4.21 Å². The van der Waals surface area contributed by atoms with Crippen molar-refractivity contribution in [2.45, 2.75) is 30.0 Å². The molecule has 2 aromatic rings. The lowest BCUT2D eigenvalue weighted by Gasteiger charge is -2.20. The van der Waals surface area contributed by atoms with Crippen molar-refractivity contribution in [2.75, 3.05) is 7.11 Å². The Balaban J connectivity index is 2.17. The van der Waals surface area contributed by atoms with Crippen LogP contribution >= 0.6 is 0 Å². The predicted molar refractivity (Wildman–Crippen MR) is 87.0 cm³/mol. The van der Waals surface area contributed by atoms with Crippen molar-refractivity contribution in [1.29, 1.82) is 0 Å². The fourth-order valence-corrected chi connectivity index (χ4v) is 3.55. The summed E-state index contributed by atoms with van der Waals surface area (Å²) in [6, 6.07) is 15.1. The summed E-state index contributed by atoms with van der Waals surface area (Å²) < 4.78 is 17.8. The molecule has 0 fully saturated rings. The maximum Gasteiger partial charge on any atom is 0.118 e. The van der Waals surface area contributed by atoms with Gasteiger partial charge >= 0.3 is 0 Å². The predicted octanol–water partition coefficient (Wildman–Crippen LogP) is 3.20. The first-order valence-electron chi connectivity index (χ1n) is 6.89. The highest BCUT2D eigenvalue weighted by Crippen LogP contribution is 2.24. The van der Waals surface area contributed by atoms with E-state index in [0.717, 1.165) is 21.8 Å². The molecule has 2 rings (SSSR count). The lowest BCUT2D eigenvalue weighted by Crippen LogP contribution is -2.27. The Kier molecular flexibility index (Phi) is 5.15. The first-order chi connectivity index (χ1) is 10.0. The fraction of sp³-hybridized carbons (Fsp3) is 0.294. The van der Waals surface area contributed by atoms with Gasteiger partial charge < -0.3 is 10.5 Å². The van der Waals surface area contributed by atoms with Crippen molar-refractivity contribution in [2.24, 2.45) is 5.73 Å². The molecule has 0 saturated carbocycles. The smallest absolute Gasteiger partial charge is 0.118 e. The van der Waals surface area contributed by atoms with Crippen LogP contribution in [0, 0.1) is 6.92 Å². The van der Waals surface area contributed by atoms with Crippen LogP contribution in [0.5, 0.6) is 5.75 Å². The van der Waals surface area contributed by atoms with Crippen molar-refractivity contribution in [3.8, 4) is 5.75 Å². The maximum atomic E-state index is 12.6. The van der Waals surface area contributed by atoms with E-state index in [1.807, 2.05) is 62.4 Å². The molecule has 0 radical (unpaired) electrons. The van der Waals surface area contributed by atoms with Crippen LogP contribution in [0.15, 0.2) is 53.4 Å². The standard InChI is InChI=1S/C17H21NO2S/c1-12-5-4-6-16(11-12)21(19)13(2)17(18)14-7-9-15(20-3)10-8-14/h4-11,13,17H,18H2,1-3H3. The SMILES string of the molecule is COc1ccc(C(N)C(C)S(=O)c2cccc(C)c2)cc1. The van der Waals surface area contributed by atoms with Gasteiger partial charge in [0.2, 0.25) is 0 Å². The first kappa shape index (κ1) is 15.7. The minimum Gasteiger partial charge on any atom is -0.497 e. The number of hydrogen-bond donors (Lipinski definition) is 1. The topological polar surface area (TPSA) is 52.3 Å². The van der Waals surface area contributed by atoms with Crippen LogP contribution in [-0.2, 0) is 10.8 Å². The molecule has 0 aromatic heterocycles. The monoisotopic (exact) mass is 303 g/mol. The molecule has 112 valence electrons. The molecule has 0 aliphatic rings. The number of ether oxygens (including phenoxy) is 1. The van der Waals surface area contributed by atoms with E-state index in [-0.39, 0.29) is 11.3 Å². The minimum atomic E-state index is -1.13. The fourth-order valence-electron chi connectivity index (χ4n) is 2.19. The summed E-state index contributed by atoms with van der Waals surface area (Å²) in [7, 11) is 0.497. The Bertz CT molecular complexity index is 625. The summed E-state index contributed by atoms with van der Waals surface area (Å²) in [6.07, 6.45) is 0. The molecular formula is C17H21NO2S. The van der Waals surface area contributed by atoms with E-state index < -0.39 is 10.8 Å². The van der Waals surface area contributed by atoms with Gasteiger partial charge in [0.25, 0.3) is 0 Å². The van der Waals surface area contributed by atoms with E-state index >= 15 is 0 Å². The second kappa shape index (κ2) is 6.87. The molecule has 0 spiro atoms. The Morgan fingerprint density at radius 3 is 2.38 bits per heavy atom. The molecule has 0 heterocycles. The molecule has 2 aromatic carbocycles. The normalized spacial score (nSPS) is 15.2. The zero-order chi connectivity index (χ0) is 15.4. The average molecular weight is 303 g/mol.